The zero-order valence-electron chi connectivity index (χ0n) is 10.4. The molecule has 1 spiro atoms. The summed E-state index contributed by atoms with van der Waals surface area (Å²) in [7, 11) is 3.30. The number of hydrogen-bond donors (Lipinski definition) is 0. The topological polar surface area (TPSA) is 18.5 Å². The van der Waals surface area contributed by atoms with E-state index in [1.807, 2.05) is 0 Å². The third kappa shape index (κ3) is 0.0828. The van der Waals surface area contributed by atoms with E-state index in [0.29, 0.717) is 13.2 Å². The second-order valence-corrected chi connectivity index (χ2v) is 34.5. The maximum absolute atomic E-state index is 4.66. The van der Waals surface area contributed by atoms with Gasteiger partial charge in [-0.1, -0.05) is 0 Å². The minimum absolute atomic E-state index is 0.691. The van der Waals surface area contributed by atoms with E-state index in [1.165, 1.54) is 0 Å². The number of hydrogen-bond acceptors (Lipinski definition) is 2. The van der Waals surface area contributed by atoms with Crippen molar-refractivity contribution < 1.29 is 16.0 Å². The van der Waals surface area contributed by atoms with Crippen molar-refractivity contribution in [2.75, 3.05) is 27.4 Å². The van der Waals surface area contributed by atoms with Crippen LogP contribution >= 0.6 is 0 Å². The van der Waals surface area contributed by atoms with Crippen LogP contribution in [0.25, 0.3) is 0 Å². The summed E-state index contributed by atoms with van der Waals surface area (Å²) in [5.41, 5.74) is 0. The molecule has 10 aliphatic rings. The van der Waals surface area contributed by atoms with E-state index >= 15 is 0 Å². The molecule has 0 amide bonds. The summed E-state index contributed by atoms with van der Waals surface area (Å²) in [6.45, 7) is -0.901. The van der Waals surface area contributed by atoms with Gasteiger partial charge in [-0.2, -0.15) is 0 Å². The van der Waals surface area contributed by atoms with E-state index in [-0.39, 0.29) is 0 Å². The van der Waals surface area contributed by atoms with Gasteiger partial charge in [0.15, 0.2) is 0 Å². The second-order valence-electron chi connectivity index (χ2n) is 10.6. The molecule has 10 fully saturated rings. The molecule has 0 aromatic carbocycles. The molecule has 96 valence electrons. The molecule has 0 N–H and O–H groups in total. The average molecular weight is 276 g/mol. The Bertz CT molecular complexity index is 639. The van der Waals surface area contributed by atoms with Crippen LogP contribution < -0.4 is 0 Å². The molecule has 0 atom stereocenters. The van der Waals surface area contributed by atoms with Gasteiger partial charge >= 0.3 is 54.7 Å². The molecule has 0 saturated carbocycles. The van der Waals surface area contributed by atoms with Gasteiger partial charge in [0.2, 0.25) is 0 Å². The molecule has 0 aromatic heterocycles. The Morgan fingerprint density at radius 2 is 0.824 bits per heavy atom. The molecule has 2 nitrogen and oxygen atoms in total. The van der Waals surface area contributed by atoms with E-state index in [0.717, 1.165) is 0 Å². The summed E-state index contributed by atoms with van der Waals surface area (Å²) in [5.74, 6) is 0. The van der Waals surface area contributed by atoms with E-state index in [1.54, 1.807) is 62.4 Å². The summed E-state index contributed by atoms with van der Waals surface area (Å²) in [6, 6.07) is 0. The van der Waals surface area contributed by atoms with E-state index in [2.05, 4.69) is 9.47 Å². The third-order valence-corrected chi connectivity index (χ3v) is 57.0. The SMILES string of the molecule is COCCOC.[CH]12[CH]3[CH]4[CH]5[CH]1[Fe]23451678[CH]2[CH]1[CH]6[CH]7[CH]28. The fraction of sp³-hybridized carbons (Fsp3) is 1.00. The number of fused-ring (bicyclic) bond motifs is 10. The molecular weight excluding hydrogens is 256 g/mol. The van der Waals surface area contributed by atoms with Gasteiger partial charge in [-0.25, -0.2) is 0 Å². The first-order valence-electron chi connectivity index (χ1n) is 7.27. The molecule has 0 radical (unpaired) electrons. The van der Waals surface area contributed by atoms with Crippen molar-refractivity contribution in [3.05, 3.63) is 0 Å². The van der Waals surface area contributed by atoms with Crippen molar-refractivity contribution in [1.29, 1.82) is 0 Å². The molecule has 17 heavy (non-hydrogen) atoms. The van der Waals surface area contributed by atoms with Crippen LogP contribution in [0, 0.1) is 0 Å². The van der Waals surface area contributed by atoms with Crippen LogP contribution in [0.5, 0.6) is 0 Å². The summed E-state index contributed by atoms with van der Waals surface area (Å²) in [4.78, 5) is 15.9. The molecule has 0 unspecified atom stereocenters. The Hall–Kier alpha value is 0.439. The van der Waals surface area contributed by atoms with Gasteiger partial charge in [-0.05, 0) is 0 Å². The summed E-state index contributed by atoms with van der Waals surface area (Å²) < 4.78 is 9.31. The number of methoxy groups -OCH3 is 2. The second kappa shape index (κ2) is 0.621. The molecule has 0 aliphatic carbocycles. The Labute approximate surface area is 91.7 Å². The summed E-state index contributed by atoms with van der Waals surface area (Å²) in [5, 5.41) is 0. The Balaban J connectivity index is 0.0000000947. The molecule has 0 aromatic rings. The van der Waals surface area contributed by atoms with Crippen molar-refractivity contribution in [2.45, 2.75) is 48.2 Å². The average Bonchev–Trinajstić information content (AvgIpc) is 3.30. The zero-order chi connectivity index (χ0) is 10.9. The van der Waals surface area contributed by atoms with Crippen LogP contribution in [0.4, 0.5) is 0 Å². The normalized spacial score (nSPS) is 114. The van der Waals surface area contributed by atoms with Crippen LogP contribution in [-0.4, -0.2) is 27.4 Å². The Kier molecular flexibility index (Phi) is 0.266. The molecule has 10 rings (SSSR count). The monoisotopic (exact) mass is 276 g/mol. The van der Waals surface area contributed by atoms with E-state index in [9.17, 15) is 0 Å². The predicted octanol–water partition coefficient (Wildman–Crippen LogP) is 3.65. The van der Waals surface area contributed by atoms with Gasteiger partial charge in [0.05, 0.1) is 13.2 Å². The fourth-order valence-corrected chi connectivity index (χ4v) is 88.2. The van der Waals surface area contributed by atoms with Crippen LogP contribution in [0.15, 0.2) is 0 Å². The molecule has 3 heteroatoms. The van der Waals surface area contributed by atoms with Crippen molar-refractivity contribution in [1.82, 2.24) is 0 Å². The van der Waals surface area contributed by atoms with E-state index in [4.69, 9.17) is 0 Å². The fourth-order valence-electron chi connectivity index (χ4n) is 16.0. The van der Waals surface area contributed by atoms with Crippen LogP contribution in [0.3, 0.4) is 0 Å². The predicted molar refractivity (Wildman–Crippen MR) is 61.3 cm³/mol. The van der Waals surface area contributed by atoms with Crippen molar-refractivity contribution in [3.63, 3.8) is 0 Å². The van der Waals surface area contributed by atoms with Crippen molar-refractivity contribution >= 4 is 0 Å². The van der Waals surface area contributed by atoms with Gasteiger partial charge < -0.3 is 9.47 Å². The number of ether oxygens (including phenoxy) is 2. The third-order valence-electron chi connectivity index (χ3n) is 15.0. The van der Waals surface area contributed by atoms with E-state index < -0.39 is 6.51 Å². The van der Waals surface area contributed by atoms with Crippen molar-refractivity contribution in [3.8, 4) is 0 Å². The Morgan fingerprint density at radius 3 is 0.882 bits per heavy atom. The zero-order valence-corrected chi connectivity index (χ0v) is 11.5. The Morgan fingerprint density at radius 1 is 0.588 bits per heavy atom. The van der Waals surface area contributed by atoms with Gasteiger partial charge in [0.25, 0.3) is 0 Å². The van der Waals surface area contributed by atoms with Crippen LogP contribution in [0.1, 0.15) is 0 Å². The molecule has 10 saturated heterocycles. The molecule has 0 bridgehead atoms. The standard InChI is InChI=1S/2C5H5.C4H10O2.Fe/c2*1-2-4-5-3-1;1-5-3-4-6-2;/h2*1-5H;3-4H2,1-2H3;. The quantitative estimate of drug-likeness (QED) is 0.578. The summed E-state index contributed by atoms with van der Waals surface area (Å²) in [6.07, 6.45) is 0. The first-order valence-corrected chi connectivity index (χ1v) is 13.6. The van der Waals surface area contributed by atoms with Gasteiger partial charge in [-0.15, -0.1) is 0 Å². The maximum atomic E-state index is 4.66. The van der Waals surface area contributed by atoms with Crippen LogP contribution in [0.2, 0.25) is 48.2 Å². The van der Waals surface area contributed by atoms with Gasteiger partial charge in [-0.3, -0.25) is 0 Å². The van der Waals surface area contributed by atoms with Crippen LogP contribution in [-0.2, 0) is 16.0 Å². The summed E-state index contributed by atoms with van der Waals surface area (Å²) >= 11 is 0. The minimum atomic E-state index is -2.28. The first kappa shape index (κ1) is 7.28. The number of rotatable bonds is 3. The molecule has 10 heterocycles. The van der Waals surface area contributed by atoms with Gasteiger partial charge in [0.1, 0.15) is 0 Å². The van der Waals surface area contributed by atoms with Crippen molar-refractivity contribution in [2.24, 2.45) is 0 Å². The first-order chi connectivity index (χ1) is 8.07. The molecule has 10 aliphatic heterocycles. The van der Waals surface area contributed by atoms with Gasteiger partial charge in [0, 0.05) is 14.2 Å². The molecular formula is C14H20FeO2.